The summed E-state index contributed by atoms with van der Waals surface area (Å²) < 4.78 is 0. The van der Waals surface area contributed by atoms with Crippen molar-refractivity contribution in [3.05, 3.63) is 59.7 Å². The van der Waals surface area contributed by atoms with Crippen LogP contribution in [-0.4, -0.2) is 0 Å². The highest BCUT2D eigenvalue weighted by Gasteiger charge is 1.94. The molecule has 0 aromatic heterocycles. The Labute approximate surface area is 95.2 Å². The van der Waals surface area contributed by atoms with Crippen LogP contribution in [0.4, 0.5) is 11.4 Å². The Bertz CT molecular complexity index is 468. The summed E-state index contributed by atoms with van der Waals surface area (Å²) in [4.78, 5) is 0. The van der Waals surface area contributed by atoms with Crippen molar-refractivity contribution in [1.29, 1.82) is 0 Å². The average Bonchev–Trinajstić information content (AvgIpc) is 2.30. The highest BCUT2D eigenvalue weighted by Crippen LogP contribution is 2.17. The molecule has 0 bridgehead atoms. The molecule has 2 nitrogen and oxygen atoms in total. The van der Waals surface area contributed by atoms with Crippen LogP contribution >= 0.6 is 0 Å². The second-order valence-electron chi connectivity index (χ2n) is 3.59. The average molecular weight is 210 g/mol. The molecule has 0 aliphatic carbocycles. The number of hydrogen-bond donors (Lipinski definition) is 2. The molecular weight excluding hydrogens is 196 g/mol. The summed E-state index contributed by atoms with van der Waals surface area (Å²) in [6.07, 6.45) is 3.95. The Morgan fingerprint density at radius 2 is 1.00 bits per heavy atom. The third-order valence-electron chi connectivity index (χ3n) is 2.43. The van der Waals surface area contributed by atoms with E-state index in [0.29, 0.717) is 0 Å². The quantitative estimate of drug-likeness (QED) is 0.591. The maximum absolute atomic E-state index is 5.84. The van der Waals surface area contributed by atoms with Crippen LogP contribution in [0.5, 0.6) is 0 Å². The zero-order valence-electron chi connectivity index (χ0n) is 8.93. The minimum absolute atomic E-state index is 0.772. The Kier molecular flexibility index (Phi) is 2.92. The van der Waals surface area contributed by atoms with Gasteiger partial charge in [-0.05, 0) is 23.3 Å². The molecule has 0 heterocycles. The molecule has 0 saturated carbocycles. The highest BCUT2D eigenvalue weighted by atomic mass is 14.6. The van der Waals surface area contributed by atoms with E-state index in [2.05, 4.69) is 0 Å². The molecule has 2 rings (SSSR count). The number of nitrogens with two attached hydrogens (primary N) is 2. The molecule has 0 fully saturated rings. The van der Waals surface area contributed by atoms with Crippen molar-refractivity contribution < 1.29 is 0 Å². The summed E-state index contributed by atoms with van der Waals surface area (Å²) in [5, 5.41) is 0. The van der Waals surface area contributed by atoms with Gasteiger partial charge in [0.05, 0.1) is 0 Å². The summed E-state index contributed by atoms with van der Waals surface area (Å²) in [5.41, 5.74) is 15.2. The van der Waals surface area contributed by atoms with Gasteiger partial charge in [0.25, 0.3) is 0 Å². The van der Waals surface area contributed by atoms with Gasteiger partial charge in [0.2, 0.25) is 0 Å². The first-order chi connectivity index (χ1) is 7.77. The van der Waals surface area contributed by atoms with Crippen molar-refractivity contribution in [2.75, 3.05) is 11.5 Å². The fourth-order valence-corrected chi connectivity index (χ4v) is 1.50. The number of hydrogen-bond acceptors (Lipinski definition) is 2. The molecule has 16 heavy (non-hydrogen) atoms. The minimum Gasteiger partial charge on any atom is -0.398 e. The third kappa shape index (κ3) is 2.23. The highest BCUT2D eigenvalue weighted by molar-refractivity contribution is 5.79. The van der Waals surface area contributed by atoms with Gasteiger partial charge in [-0.1, -0.05) is 48.6 Å². The predicted molar refractivity (Wildman–Crippen MR) is 70.6 cm³/mol. The van der Waals surface area contributed by atoms with E-state index in [0.717, 1.165) is 22.5 Å². The maximum Gasteiger partial charge on any atom is 0.0387 e. The van der Waals surface area contributed by atoms with E-state index in [4.69, 9.17) is 11.5 Å². The lowest BCUT2D eigenvalue weighted by molar-refractivity contribution is 1.63. The molecule has 2 aromatic carbocycles. The van der Waals surface area contributed by atoms with Crippen LogP contribution in [0.15, 0.2) is 48.5 Å². The van der Waals surface area contributed by atoms with Gasteiger partial charge < -0.3 is 11.5 Å². The Morgan fingerprint density at radius 3 is 1.38 bits per heavy atom. The molecule has 80 valence electrons. The molecule has 0 saturated heterocycles. The van der Waals surface area contributed by atoms with Crippen LogP contribution in [0.2, 0.25) is 0 Å². The van der Waals surface area contributed by atoms with E-state index in [1.165, 1.54) is 0 Å². The summed E-state index contributed by atoms with van der Waals surface area (Å²) in [6.45, 7) is 0. The molecule has 0 radical (unpaired) electrons. The fraction of sp³-hybridized carbons (Fsp3) is 0. The largest absolute Gasteiger partial charge is 0.398 e. The van der Waals surface area contributed by atoms with E-state index in [-0.39, 0.29) is 0 Å². The first-order valence-electron chi connectivity index (χ1n) is 5.14. The third-order valence-corrected chi connectivity index (χ3v) is 2.43. The second kappa shape index (κ2) is 4.53. The van der Waals surface area contributed by atoms with Crippen LogP contribution in [0.3, 0.4) is 0 Å². The molecule has 0 aliphatic rings. The second-order valence-corrected chi connectivity index (χ2v) is 3.59. The normalized spacial score (nSPS) is 10.8. The maximum atomic E-state index is 5.84. The van der Waals surface area contributed by atoms with Crippen molar-refractivity contribution in [2.24, 2.45) is 0 Å². The zero-order chi connectivity index (χ0) is 11.4. The van der Waals surface area contributed by atoms with E-state index < -0.39 is 0 Å². The van der Waals surface area contributed by atoms with Crippen LogP contribution in [-0.2, 0) is 0 Å². The first-order valence-corrected chi connectivity index (χ1v) is 5.14. The Morgan fingerprint density at radius 1 is 0.625 bits per heavy atom. The lowest BCUT2D eigenvalue weighted by Gasteiger charge is -2.00. The van der Waals surface area contributed by atoms with Gasteiger partial charge in [-0.25, -0.2) is 0 Å². The number of rotatable bonds is 2. The molecule has 2 heteroatoms. The molecule has 2 aromatic rings. The summed E-state index contributed by atoms with van der Waals surface area (Å²) in [7, 11) is 0. The van der Waals surface area contributed by atoms with E-state index in [1.54, 1.807) is 0 Å². The number of nitrogen functional groups attached to an aromatic ring is 2. The lowest BCUT2D eigenvalue weighted by atomic mass is 10.1. The molecule has 0 amide bonds. The smallest absolute Gasteiger partial charge is 0.0387 e. The molecule has 0 unspecified atom stereocenters. The first kappa shape index (κ1) is 10.3. The fourth-order valence-electron chi connectivity index (χ4n) is 1.50. The lowest BCUT2D eigenvalue weighted by Crippen LogP contribution is -1.89. The molecule has 0 aliphatic heterocycles. The monoisotopic (exact) mass is 210 g/mol. The van der Waals surface area contributed by atoms with Gasteiger partial charge in [-0.2, -0.15) is 0 Å². The molecular formula is C14H14N2. The zero-order valence-corrected chi connectivity index (χ0v) is 8.93. The minimum atomic E-state index is 0.772. The van der Waals surface area contributed by atoms with Gasteiger partial charge in [-0.15, -0.1) is 0 Å². The van der Waals surface area contributed by atoms with Gasteiger partial charge >= 0.3 is 0 Å². The van der Waals surface area contributed by atoms with E-state index in [9.17, 15) is 0 Å². The Balaban J connectivity index is 2.29. The van der Waals surface area contributed by atoms with Crippen LogP contribution in [0, 0.1) is 0 Å². The van der Waals surface area contributed by atoms with Crippen molar-refractivity contribution in [3.63, 3.8) is 0 Å². The van der Waals surface area contributed by atoms with Crippen molar-refractivity contribution in [1.82, 2.24) is 0 Å². The van der Waals surface area contributed by atoms with Gasteiger partial charge in [0, 0.05) is 11.4 Å². The van der Waals surface area contributed by atoms with Crippen LogP contribution < -0.4 is 11.5 Å². The van der Waals surface area contributed by atoms with E-state index >= 15 is 0 Å². The van der Waals surface area contributed by atoms with Gasteiger partial charge in [0.1, 0.15) is 0 Å². The number of benzene rings is 2. The predicted octanol–water partition coefficient (Wildman–Crippen LogP) is 3.02. The Hall–Kier alpha value is -2.22. The van der Waals surface area contributed by atoms with Gasteiger partial charge in [0.15, 0.2) is 0 Å². The van der Waals surface area contributed by atoms with Crippen molar-refractivity contribution in [2.45, 2.75) is 0 Å². The standard InChI is InChI=1S/C14H14N2/c15-13-7-3-1-5-11(13)9-10-12-6-2-4-8-14(12)16/h1-10H,15-16H2. The van der Waals surface area contributed by atoms with Crippen molar-refractivity contribution in [3.8, 4) is 0 Å². The van der Waals surface area contributed by atoms with Crippen LogP contribution in [0.1, 0.15) is 11.1 Å². The van der Waals surface area contributed by atoms with Gasteiger partial charge in [-0.3, -0.25) is 0 Å². The molecule has 4 N–H and O–H groups in total. The number of anilines is 2. The number of para-hydroxylation sites is 2. The summed E-state index contributed by atoms with van der Waals surface area (Å²) in [5.74, 6) is 0. The van der Waals surface area contributed by atoms with E-state index in [1.807, 2.05) is 60.7 Å². The molecule has 0 spiro atoms. The SMILES string of the molecule is Nc1ccccc1C=Cc1ccccc1N. The summed E-state index contributed by atoms with van der Waals surface area (Å²) >= 11 is 0. The van der Waals surface area contributed by atoms with Crippen molar-refractivity contribution >= 4 is 23.5 Å². The summed E-state index contributed by atoms with van der Waals surface area (Å²) in [6, 6.07) is 15.5. The van der Waals surface area contributed by atoms with Crippen LogP contribution in [0.25, 0.3) is 12.2 Å². The topological polar surface area (TPSA) is 52.0 Å². The molecule has 0 atom stereocenters.